The molecule has 1 aromatic heterocycles. The molecule has 0 bridgehead atoms. The van der Waals surface area contributed by atoms with E-state index in [-0.39, 0.29) is 0 Å². The fourth-order valence-electron chi connectivity index (χ4n) is 1.000. The number of nitrogens with one attached hydrogen (secondary N) is 1. The quantitative estimate of drug-likeness (QED) is 0.801. The first kappa shape index (κ1) is 13.2. The number of anilines is 1. The summed E-state index contributed by atoms with van der Waals surface area (Å²) in [4.78, 5) is 8.24. The predicted octanol–water partition coefficient (Wildman–Crippen LogP) is 2.83. The van der Waals surface area contributed by atoms with Crippen LogP contribution in [0.1, 0.15) is 12.7 Å². The smallest absolute Gasteiger partial charge is 0.158 e. The van der Waals surface area contributed by atoms with E-state index < -0.39 is 0 Å². The topological polar surface area (TPSA) is 47.0 Å². The first-order chi connectivity index (χ1) is 7.61. The van der Waals surface area contributed by atoms with E-state index in [2.05, 4.69) is 21.9 Å². The van der Waals surface area contributed by atoms with Gasteiger partial charge in [0.2, 0.25) is 0 Å². The second-order valence-electron chi connectivity index (χ2n) is 3.00. The van der Waals surface area contributed by atoms with E-state index in [1.165, 1.54) is 0 Å². The van der Waals surface area contributed by atoms with E-state index >= 15 is 0 Å². The SMILES string of the molecule is C=C(Cl)CNc1cc(Cl)nc(COCC)n1. The van der Waals surface area contributed by atoms with E-state index in [4.69, 9.17) is 27.9 Å². The molecule has 4 nitrogen and oxygen atoms in total. The van der Waals surface area contributed by atoms with Crippen molar-refractivity contribution in [1.82, 2.24) is 9.97 Å². The average Bonchev–Trinajstić information content (AvgIpc) is 2.23. The molecular weight excluding hydrogens is 249 g/mol. The summed E-state index contributed by atoms with van der Waals surface area (Å²) in [6, 6.07) is 1.62. The number of hydrogen-bond donors (Lipinski definition) is 1. The number of ether oxygens (including phenoxy) is 1. The van der Waals surface area contributed by atoms with Crippen molar-refractivity contribution >= 4 is 29.0 Å². The van der Waals surface area contributed by atoms with Gasteiger partial charge in [0.05, 0.1) is 6.54 Å². The molecule has 16 heavy (non-hydrogen) atoms. The lowest BCUT2D eigenvalue weighted by Crippen LogP contribution is -2.06. The Hall–Kier alpha value is -0.840. The monoisotopic (exact) mass is 261 g/mol. The Labute approximate surface area is 105 Å². The summed E-state index contributed by atoms with van der Waals surface area (Å²) in [6.07, 6.45) is 0. The molecular formula is C10H13Cl2N3O. The molecule has 0 atom stereocenters. The first-order valence-electron chi connectivity index (χ1n) is 4.80. The highest BCUT2D eigenvalue weighted by Gasteiger charge is 2.03. The van der Waals surface area contributed by atoms with Gasteiger partial charge in [-0.25, -0.2) is 9.97 Å². The highest BCUT2D eigenvalue weighted by Crippen LogP contribution is 2.12. The van der Waals surface area contributed by atoms with Crippen LogP contribution in [-0.4, -0.2) is 23.1 Å². The van der Waals surface area contributed by atoms with E-state index in [0.717, 1.165) is 0 Å². The molecule has 0 saturated heterocycles. The fourth-order valence-corrected chi connectivity index (χ4v) is 1.27. The molecule has 1 N–H and O–H groups in total. The third kappa shape index (κ3) is 4.79. The maximum absolute atomic E-state index is 5.84. The summed E-state index contributed by atoms with van der Waals surface area (Å²) in [5.74, 6) is 1.15. The van der Waals surface area contributed by atoms with Crippen LogP contribution in [0.3, 0.4) is 0 Å². The van der Waals surface area contributed by atoms with Crippen molar-refractivity contribution in [2.24, 2.45) is 0 Å². The van der Waals surface area contributed by atoms with Gasteiger partial charge in [-0.15, -0.1) is 0 Å². The maximum atomic E-state index is 5.84. The van der Waals surface area contributed by atoms with Crippen LogP contribution in [0.2, 0.25) is 5.15 Å². The molecule has 0 unspecified atom stereocenters. The summed E-state index contributed by atoms with van der Waals surface area (Å²) in [5, 5.41) is 3.85. The Bertz CT molecular complexity index is 371. The molecule has 0 spiro atoms. The molecule has 0 aromatic carbocycles. The van der Waals surface area contributed by atoms with E-state index in [0.29, 0.717) is 41.6 Å². The number of halogens is 2. The largest absolute Gasteiger partial charge is 0.374 e. The number of rotatable bonds is 6. The van der Waals surface area contributed by atoms with Crippen LogP contribution < -0.4 is 5.32 Å². The molecule has 88 valence electrons. The Balaban J connectivity index is 2.69. The van der Waals surface area contributed by atoms with Gasteiger partial charge in [-0.05, 0) is 6.92 Å². The fraction of sp³-hybridized carbons (Fsp3) is 0.400. The normalized spacial score (nSPS) is 10.2. The predicted molar refractivity (Wildman–Crippen MR) is 65.9 cm³/mol. The van der Waals surface area contributed by atoms with Crippen LogP contribution in [-0.2, 0) is 11.3 Å². The molecule has 0 aliphatic rings. The van der Waals surface area contributed by atoms with Crippen LogP contribution in [0, 0.1) is 0 Å². The lowest BCUT2D eigenvalue weighted by molar-refractivity contribution is 0.128. The second-order valence-corrected chi connectivity index (χ2v) is 3.92. The summed E-state index contributed by atoms with van der Waals surface area (Å²) in [7, 11) is 0. The molecule has 0 saturated carbocycles. The van der Waals surface area contributed by atoms with E-state index in [1.54, 1.807) is 6.07 Å². The maximum Gasteiger partial charge on any atom is 0.158 e. The first-order valence-corrected chi connectivity index (χ1v) is 5.55. The molecule has 0 radical (unpaired) electrons. The van der Waals surface area contributed by atoms with Crippen LogP contribution in [0.15, 0.2) is 17.7 Å². The zero-order valence-electron chi connectivity index (χ0n) is 8.96. The molecule has 1 aromatic rings. The minimum absolute atomic E-state index is 0.341. The van der Waals surface area contributed by atoms with Crippen LogP contribution >= 0.6 is 23.2 Å². The zero-order valence-corrected chi connectivity index (χ0v) is 10.5. The van der Waals surface area contributed by atoms with Gasteiger partial charge in [0.1, 0.15) is 17.6 Å². The minimum Gasteiger partial charge on any atom is -0.374 e. The van der Waals surface area contributed by atoms with Gasteiger partial charge in [0, 0.05) is 17.7 Å². The standard InChI is InChI=1S/C10H13Cl2N3O/c1-3-16-6-10-14-8(12)4-9(15-10)13-5-7(2)11/h4H,2-3,5-6H2,1H3,(H,13,14,15). The summed E-state index contributed by atoms with van der Waals surface area (Å²) in [6.45, 7) is 6.85. The zero-order chi connectivity index (χ0) is 12.0. The highest BCUT2D eigenvalue weighted by molar-refractivity contribution is 6.30. The highest BCUT2D eigenvalue weighted by atomic mass is 35.5. The molecule has 0 aliphatic heterocycles. The molecule has 0 aliphatic carbocycles. The van der Waals surface area contributed by atoms with Crippen LogP contribution in [0.25, 0.3) is 0 Å². The third-order valence-electron chi connectivity index (χ3n) is 1.64. The van der Waals surface area contributed by atoms with Crippen molar-refractivity contribution in [2.75, 3.05) is 18.5 Å². The van der Waals surface area contributed by atoms with Gasteiger partial charge in [-0.1, -0.05) is 29.8 Å². The molecule has 6 heteroatoms. The van der Waals surface area contributed by atoms with Gasteiger partial charge < -0.3 is 10.1 Å². The minimum atomic E-state index is 0.341. The van der Waals surface area contributed by atoms with Crippen molar-refractivity contribution in [2.45, 2.75) is 13.5 Å². The number of nitrogens with zero attached hydrogens (tertiary/aromatic N) is 2. The lowest BCUT2D eigenvalue weighted by Gasteiger charge is -2.07. The second kappa shape index (κ2) is 6.68. The van der Waals surface area contributed by atoms with Gasteiger partial charge in [-0.3, -0.25) is 0 Å². The Morgan fingerprint density at radius 1 is 1.56 bits per heavy atom. The Kier molecular flexibility index (Phi) is 5.52. The van der Waals surface area contributed by atoms with Crippen LogP contribution in [0.4, 0.5) is 5.82 Å². The lowest BCUT2D eigenvalue weighted by atomic mass is 10.5. The summed E-state index contributed by atoms with van der Waals surface area (Å²) >= 11 is 11.5. The molecule has 0 amide bonds. The molecule has 1 rings (SSSR count). The average molecular weight is 262 g/mol. The molecule has 0 fully saturated rings. The van der Waals surface area contributed by atoms with Crippen molar-refractivity contribution in [3.8, 4) is 0 Å². The van der Waals surface area contributed by atoms with E-state index in [9.17, 15) is 0 Å². The van der Waals surface area contributed by atoms with Gasteiger partial charge in [0.25, 0.3) is 0 Å². The van der Waals surface area contributed by atoms with Crippen molar-refractivity contribution in [3.63, 3.8) is 0 Å². The Morgan fingerprint density at radius 2 is 2.31 bits per heavy atom. The van der Waals surface area contributed by atoms with Crippen molar-refractivity contribution < 1.29 is 4.74 Å². The van der Waals surface area contributed by atoms with Crippen molar-refractivity contribution in [1.29, 1.82) is 0 Å². The van der Waals surface area contributed by atoms with Gasteiger partial charge in [0.15, 0.2) is 5.82 Å². The van der Waals surface area contributed by atoms with Crippen molar-refractivity contribution in [3.05, 3.63) is 28.7 Å². The molecule has 1 heterocycles. The summed E-state index contributed by atoms with van der Waals surface area (Å²) in [5.41, 5.74) is 0. The Morgan fingerprint density at radius 3 is 2.94 bits per heavy atom. The number of hydrogen-bond acceptors (Lipinski definition) is 4. The van der Waals surface area contributed by atoms with Gasteiger partial charge in [-0.2, -0.15) is 0 Å². The van der Waals surface area contributed by atoms with Crippen LogP contribution in [0.5, 0.6) is 0 Å². The number of aromatic nitrogens is 2. The van der Waals surface area contributed by atoms with Gasteiger partial charge >= 0.3 is 0 Å². The third-order valence-corrected chi connectivity index (χ3v) is 1.97. The summed E-state index contributed by atoms with van der Waals surface area (Å²) < 4.78 is 5.20. The van der Waals surface area contributed by atoms with E-state index in [1.807, 2.05) is 6.92 Å².